The SMILES string of the molecule is CN(C)c1ccc(NC(=O)c2ccccc2Cl)cc1CN(C[C@H]1CCCO1)C(=O)CC(C)(C)C. The van der Waals surface area contributed by atoms with Gasteiger partial charge in [-0.1, -0.05) is 44.5 Å². The topological polar surface area (TPSA) is 61.9 Å². The molecule has 0 unspecified atom stereocenters. The third-order valence-corrected chi connectivity index (χ3v) is 6.11. The monoisotopic (exact) mass is 485 g/mol. The van der Waals surface area contributed by atoms with Crippen molar-refractivity contribution in [2.75, 3.05) is 37.5 Å². The highest BCUT2D eigenvalue weighted by molar-refractivity contribution is 6.34. The Balaban J connectivity index is 1.86. The highest BCUT2D eigenvalue weighted by atomic mass is 35.5. The van der Waals surface area contributed by atoms with Crippen LogP contribution in [0.3, 0.4) is 0 Å². The van der Waals surface area contributed by atoms with Gasteiger partial charge < -0.3 is 19.9 Å². The van der Waals surface area contributed by atoms with Gasteiger partial charge in [-0.15, -0.1) is 0 Å². The lowest BCUT2D eigenvalue weighted by Crippen LogP contribution is -2.38. The summed E-state index contributed by atoms with van der Waals surface area (Å²) in [5, 5.41) is 3.35. The molecule has 0 aromatic heterocycles. The number of carbonyl (C=O) groups excluding carboxylic acids is 2. The second-order valence-corrected chi connectivity index (χ2v) is 10.7. The van der Waals surface area contributed by atoms with Crippen LogP contribution in [0.1, 0.15) is 56.0 Å². The number of ether oxygens (including phenoxy) is 1. The number of nitrogens with zero attached hydrogens (tertiary/aromatic N) is 2. The average Bonchev–Trinajstić information content (AvgIpc) is 3.25. The summed E-state index contributed by atoms with van der Waals surface area (Å²) in [6, 6.07) is 12.7. The second kappa shape index (κ2) is 11.2. The lowest BCUT2D eigenvalue weighted by Gasteiger charge is -2.30. The van der Waals surface area contributed by atoms with Crippen LogP contribution in [0.25, 0.3) is 0 Å². The fraction of sp³-hybridized carbons (Fsp3) is 0.481. The van der Waals surface area contributed by atoms with E-state index in [4.69, 9.17) is 16.3 Å². The van der Waals surface area contributed by atoms with Crippen molar-refractivity contribution < 1.29 is 14.3 Å². The first-order chi connectivity index (χ1) is 16.0. The summed E-state index contributed by atoms with van der Waals surface area (Å²) < 4.78 is 5.84. The van der Waals surface area contributed by atoms with Crippen LogP contribution in [0.15, 0.2) is 42.5 Å². The molecule has 1 atom stereocenters. The van der Waals surface area contributed by atoms with Gasteiger partial charge in [0.1, 0.15) is 0 Å². The van der Waals surface area contributed by atoms with Gasteiger partial charge in [-0.3, -0.25) is 9.59 Å². The highest BCUT2D eigenvalue weighted by Crippen LogP contribution is 2.28. The van der Waals surface area contributed by atoms with Gasteiger partial charge in [0, 0.05) is 51.6 Å². The maximum Gasteiger partial charge on any atom is 0.257 e. The van der Waals surface area contributed by atoms with Crippen molar-refractivity contribution in [3.63, 3.8) is 0 Å². The predicted molar refractivity (Wildman–Crippen MR) is 139 cm³/mol. The molecule has 1 fully saturated rings. The van der Waals surface area contributed by atoms with E-state index in [2.05, 4.69) is 26.1 Å². The van der Waals surface area contributed by atoms with Crippen LogP contribution in [0, 0.1) is 5.41 Å². The summed E-state index contributed by atoms with van der Waals surface area (Å²) in [4.78, 5) is 30.0. The van der Waals surface area contributed by atoms with E-state index in [1.165, 1.54) is 0 Å². The minimum Gasteiger partial charge on any atom is -0.377 e. The zero-order valence-electron chi connectivity index (χ0n) is 20.9. The Hall–Kier alpha value is -2.57. The molecule has 6 nitrogen and oxygen atoms in total. The number of hydrogen-bond acceptors (Lipinski definition) is 4. The first-order valence-corrected chi connectivity index (χ1v) is 12.2. The molecule has 1 heterocycles. The van der Waals surface area contributed by atoms with Gasteiger partial charge in [-0.25, -0.2) is 0 Å². The van der Waals surface area contributed by atoms with Crippen LogP contribution in [-0.4, -0.2) is 50.1 Å². The van der Waals surface area contributed by atoms with E-state index >= 15 is 0 Å². The Bertz CT molecular complexity index is 1010. The molecule has 34 heavy (non-hydrogen) atoms. The molecule has 1 N–H and O–H groups in total. The number of nitrogens with one attached hydrogen (secondary N) is 1. The van der Waals surface area contributed by atoms with Crippen LogP contribution in [0.2, 0.25) is 5.02 Å². The molecule has 1 aliphatic rings. The number of rotatable bonds is 8. The van der Waals surface area contributed by atoms with E-state index in [0.717, 1.165) is 30.7 Å². The molecule has 7 heteroatoms. The van der Waals surface area contributed by atoms with Crippen LogP contribution in [0.5, 0.6) is 0 Å². The lowest BCUT2D eigenvalue weighted by atomic mass is 9.91. The fourth-order valence-corrected chi connectivity index (χ4v) is 4.35. The molecule has 0 aliphatic carbocycles. The van der Waals surface area contributed by atoms with Crippen molar-refractivity contribution in [1.29, 1.82) is 0 Å². The van der Waals surface area contributed by atoms with Crippen molar-refractivity contribution in [2.45, 2.75) is 52.7 Å². The van der Waals surface area contributed by atoms with Crippen LogP contribution in [-0.2, 0) is 16.1 Å². The third-order valence-electron chi connectivity index (χ3n) is 5.78. The summed E-state index contributed by atoms with van der Waals surface area (Å²) >= 11 is 6.20. The number of anilines is 2. The minimum absolute atomic E-state index is 0.0647. The van der Waals surface area contributed by atoms with Gasteiger partial charge in [0.15, 0.2) is 0 Å². The number of amides is 2. The zero-order valence-corrected chi connectivity index (χ0v) is 21.6. The van der Waals surface area contributed by atoms with Crippen LogP contribution in [0.4, 0.5) is 11.4 Å². The van der Waals surface area contributed by atoms with Crippen molar-refractivity contribution in [3.05, 3.63) is 58.6 Å². The first-order valence-electron chi connectivity index (χ1n) is 11.8. The summed E-state index contributed by atoms with van der Waals surface area (Å²) in [7, 11) is 3.95. The van der Waals surface area contributed by atoms with E-state index in [0.29, 0.717) is 35.8 Å². The molecule has 2 aromatic rings. The number of hydrogen-bond donors (Lipinski definition) is 1. The van der Waals surface area contributed by atoms with E-state index in [1.54, 1.807) is 24.3 Å². The summed E-state index contributed by atoms with van der Waals surface area (Å²) in [6.07, 6.45) is 2.52. The molecule has 0 bridgehead atoms. The largest absolute Gasteiger partial charge is 0.377 e. The molecule has 184 valence electrons. The molecule has 1 saturated heterocycles. The Morgan fingerprint density at radius 2 is 1.88 bits per heavy atom. The molecular weight excluding hydrogens is 450 g/mol. The van der Waals surface area contributed by atoms with Gasteiger partial charge in [-0.05, 0) is 54.2 Å². The normalized spacial score (nSPS) is 15.8. The van der Waals surface area contributed by atoms with E-state index < -0.39 is 0 Å². The van der Waals surface area contributed by atoms with Gasteiger partial charge in [0.25, 0.3) is 5.91 Å². The van der Waals surface area contributed by atoms with E-state index in [9.17, 15) is 9.59 Å². The molecule has 0 spiro atoms. The van der Waals surface area contributed by atoms with Gasteiger partial charge in [-0.2, -0.15) is 0 Å². The lowest BCUT2D eigenvalue weighted by molar-refractivity contribution is -0.135. The van der Waals surface area contributed by atoms with Crippen molar-refractivity contribution in [1.82, 2.24) is 4.90 Å². The van der Waals surface area contributed by atoms with Gasteiger partial charge >= 0.3 is 0 Å². The summed E-state index contributed by atoms with van der Waals surface area (Å²) in [5.41, 5.74) is 2.92. The quantitative estimate of drug-likeness (QED) is 0.528. The number of benzene rings is 2. The average molecular weight is 486 g/mol. The van der Waals surface area contributed by atoms with Crippen LogP contribution >= 0.6 is 11.6 Å². The van der Waals surface area contributed by atoms with Crippen LogP contribution < -0.4 is 10.2 Å². The Kier molecular flexibility index (Phi) is 8.61. The maximum absolute atomic E-state index is 13.3. The van der Waals surface area contributed by atoms with E-state index in [-0.39, 0.29) is 23.3 Å². The van der Waals surface area contributed by atoms with Gasteiger partial charge in [0.2, 0.25) is 5.91 Å². The molecule has 0 saturated carbocycles. The Morgan fingerprint density at radius 3 is 2.50 bits per heavy atom. The number of halogens is 1. The third kappa shape index (κ3) is 7.21. The molecule has 3 rings (SSSR count). The molecule has 2 aromatic carbocycles. The Morgan fingerprint density at radius 1 is 1.15 bits per heavy atom. The molecule has 2 amide bonds. The summed E-state index contributed by atoms with van der Waals surface area (Å²) in [5.74, 6) is -0.160. The fourth-order valence-electron chi connectivity index (χ4n) is 4.13. The van der Waals surface area contributed by atoms with Gasteiger partial charge in [0.05, 0.1) is 16.7 Å². The summed E-state index contributed by atoms with van der Waals surface area (Å²) in [6.45, 7) is 7.98. The Labute approximate surface area is 208 Å². The van der Waals surface area contributed by atoms with Crippen molar-refractivity contribution >= 4 is 34.8 Å². The smallest absolute Gasteiger partial charge is 0.257 e. The second-order valence-electron chi connectivity index (χ2n) is 10.3. The maximum atomic E-state index is 13.3. The zero-order chi connectivity index (χ0) is 24.9. The van der Waals surface area contributed by atoms with E-state index in [1.807, 2.05) is 42.1 Å². The molecule has 0 radical (unpaired) electrons. The molecular formula is C27H36ClN3O3. The predicted octanol–water partition coefficient (Wildman–Crippen LogP) is 5.60. The van der Waals surface area contributed by atoms with Crippen molar-refractivity contribution in [2.24, 2.45) is 5.41 Å². The standard InChI is InChI=1S/C27H36ClN3O3/c1-27(2,3)16-25(32)31(18-21-9-8-14-34-21)17-19-15-20(12-13-24(19)30(4)5)29-26(33)22-10-6-7-11-23(22)28/h6-7,10-13,15,21H,8-9,14,16-18H2,1-5H3,(H,29,33)/t21-/m1/s1. The highest BCUT2D eigenvalue weighted by Gasteiger charge is 2.27. The van der Waals surface area contributed by atoms with Crippen molar-refractivity contribution in [3.8, 4) is 0 Å². The first kappa shape index (κ1) is 26.0. The minimum atomic E-state index is -0.269. The molecule has 1 aliphatic heterocycles. The number of carbonyl (C=O) groups is 2.